The van der Waals surface area contributed by atoms with Gasteiger partial charge in [0.15, 0.2) is 10.7 Å². The number of nitrogens with zero attached hydrogens (tertiary/aromatic N) is 1. The van der Waals surface area contributed by atoms with Crippen molar-refractivity contribution >= 4 is 17.0 Å². The molecule has 0 saturated heterocycles. The molecule has 0 spiro atoms. The molecule has 8 heteroatoms. The summed E-state index contributed by atoms with van der Waals surface area (Å²) in [5.41, 5.74) is -1.50. The first-order valence-electron chi connectivity index (χ1n) is 6.23. The van der Waals surface area contributed by atoms with Crippen molar-refractivity contribution < 1.29 is 26.7 Å². The summed E-state index contributed by atoms with van der Waals surface area (Å²) in [6.07, 6.45) is -4.09. The Balaban J connectivity index is 3.42. The SMILES string of the molecule is CC/C=C(F)/C(=C(\N=C(/C)c1ccc(F)s1)OC)C(F)(F)F. The summed E-state index contributed by atoms with van der Waals surface area (Å²) in [7, 11) is 0.964. The van der Waals surface area contributed by atoms with Gasteiger partial charge in [0.05, 0.1) is 17.7 Å². The summed E-state index contributed by atoms with van der Waals surface area (Å²) in [6.45, 7) is 2.89. The van der Waals surface area contributed by atoms with Crippen molar-refractivity contribution in [2.24, 2.45) is 4.99 Å². The number of thiophene rings is 1. The number of halogens is 5. The van der Waals surface area contributed by atoms with Gasteiger partial charge >= 0.3 is 6.18 Å². The molecule has 122 valence electrons. The topological polar surface area (TPSA) is 21.6 Å². The molecule has 0 aliphatic heterocycles. The summed E-state index contributed by atoms with van der Waals surface area (Å²) >= 11 is 0.721. The third kappa shape index (κ3) is 4.66. The molecular weight excluding hydrogens is 325 g/mol. The maximum atomic E-state index is 13.7. The van der Waals surface area contributed by atoms with Crippen LogP contribution < -0.4 is 0 Å². The smallest absolute Gasteiger partial charge is 0.424 e. The minimum atomic E-state index is -4.97. The van der Waals surface area contributed by atoms with Crippen molar-refractivity contribution in [2.45, 2.75) is 26.4 Å². The van der Waals surface area contributed by atoms with Gasteiger partial charge in [-0.3, -0.25) is 0 Å². The standard InChI is InChI=1S/C14H14F5NOS/c1-4-5-9(15)12(14(17,18)19)13(21-3)20-8(2)10-6-7-11(16)22-10/h5-7H,4H2,1-3H3/b9-5-,13-12-,20-8+. The molecule has 0 unspecified atom stereocenters. The van der Waals surface area contributed by atoms with Gasteiger partial charge < -0.3 is 4.74 Å². The first-order chi connectivity index (χ1) is 10.2. The largest absolute Gasteiger partial charge is 0.480 e. The molecular formula is C14H14F5NOS. The first kappa shape index (κ1) is 18.3. The van der Waals surface area contributed by atoms with Crippen LogP contribution in [0.1, 0.15) is 25.1 Å². The number of hydrogen-bond acceptors (Lipinski definition) is 3. The van der Waals surface area contributed by atoms with E-state index in [2.05, 4.69) is 9.73 Å². The summed E-state index contributed by atoms with van der Waals surface area (Å²) in [6, 6.07) is 2.54. The number of hydrogen-bond donors (Lipinski definition) is 0. The van der Waals surface area contributed by atoms with Gasteiger partial charge in [-0.25, -0.2) is 9.38 Å². The number of ether oxygens (including phenoxy) is 1. The van der Waals surface area contributed by atoms with E-state index < -0.39 is 28.6 Å². The van der Waals surface area contributed by atoms with Crippen LogP contribution in [-0.2, 0) is 4.74 Å². The molecule has 0 N–H and O–H groups in total. The van der Waals surface area contributed by atoms with E-state index in [9.17, 15) is 22.0 Å². The zero-order valence-corrected chi connectivity index (χ0v) is 12.9. The van der Waals surface area contributed by atoms with E-state index in [1.54, 1.807) is 0 Å². The molecule has 1 rings (SSSR count). The van der Waals surface area contributed by atoms with Crippen molar-refractivity contribution in [2.75, 3.05) is 7.11 Å². The van der Waals surface area contributed by atoms with E-state index in [0.717, 1.165) is 30.6 Å². The molecule has 0 atom stereocenters. The molecule has 1 heterocycles. The normalized spacial score (nSPS) is 14.9. The minimum Gasteiger partial charge on any atom is -0.480 e. The number of alkyl halides is 3. The molecule has 1 aromatic heterocycles. The summed E-state index contributed by atoms with van der Waals surface area (Å²) in [5.74, 6) is -2.36. The Morgan fingerprint density at radius 2 is 2.00 bits per heavy atom. The monoisotopic (exact) mass is 339 g/mol. The highest BCUT2D eigenvalue weighted by Gasteiger charge is 2.40. The van der Waals surface area contributed by atoms with Crippen molar-refractivity contribution in [3.63, 3.8) is 0 Å². The van der Waals surface area contributed by atoms with Crippen LogP contribution >= 0.6 is 11.3 Å². The zero-order chi connectivity index (χ0) is 16.9. The van der Waals surface area contributed by atoms with Gasteiger partial charge in [0.25, 0.3) is 0 Å². The molecule has 0 aliphatic rings. The van der Waals surface area contributed by atoms with E-state index in [-0.39, 0.29) is 12.1 Å². The molecule has 0 fully saturated rings. The van der Waals surface area contributed by atoms with Crippen LogP contribution in [0.5, 0.6) is 0 Å². The quantitative estimate of drug-likeness (QED) is 0.305. The van der Waals surface area contributed by atoms with E-state index in [4.69, 9.17) is 0 Å². The van der Waals surface area contributed by atoms with Crippen LogP contribution in [0, 0.1) is 5.13 Å². The lowest BCUT2D eigenvalue weighted by molar-refractivity contribution is -0.0944. The lowest BCUT2D eigenvalue weighted by Gasteiger charge is -2.13. The summed E-state index contributed by atoms with van der Waals surface area (Å²) in [4.78, 5) is 3.99. The molecule has 0 radical (unpaired) electrons. The zero-order valence-electron chi connectivity index (χ0n) is 12.1. The van der Waals surface area contributed by atoms with E-state index in [0.29, 0.717) is 4.88 Å². The van der Waals surface area contributed by atoms with Crippen molar-refractivity contribution in [1.82, 2.24) is 0 Å². The molecule has 2 nitrogen and oxygen atoms in total. The van der Waals surface area contributed by atoms with E-state index in [1.807, 2.05) is 0 Å². The third-order valence-corrected chi connectivity index (χ3v) is 3.49. The lowest BCUT2D eigenvalue weighted by atomic mass is 10.2. The highest BCUT2D eigenvalue weighted by atomic mass is 32.1. The van der Waals surface area contributed by atoms with E-state index >= 15 is 0 Å². The highest BCUT2D eigenvalue weighted by molar-refractivity contribution is 7.12. The molecule has 0 aliphatic carbocycles. The average Bonchev–Trinajstić information content (AvgIpc) is 2.83. The second-order valence-electron chi connectivity index (χ2n) is 4.14. The Bertz CT molecular complexity index is 613. The van der Waals surface area contributed by atoms with Gasteiger partial charge in [0.2, 0.25) is 5.88 Å². The molecule has 0 aromatic carbocycles. The van der Waals surface area contributed by atoms with Gasteiger partial charge in [0, 0.05) is 0 Å². The van der Waals surface area contributed by atoms with Gasteiger partial charge in [-0.1, -0.05) is 6.92 Å². The summed E-state index contributed by atoms with van der Waals surface area (Å²) in [5, 5.41) is -0.499. The fraction of sp³-hybridized carbons (Fsp3) is 0.357. The molecule has 0 bridgehead atoms. The Morgan fingerprint density at radius 3 is 2.41 bits per heavy atom. The fourth-order valence-electron chi connectivity index (χ4n) is 1.56. The van der Waals surface area contributed by atoms with Crippen molar-refractivity contribution in [3.8, 4) is 0 Å². The van der Waals surface area contributed by atoms with Crippen LogP contribution in [0.2, 0.25) is 0 Å². The fourth-order valence-corrected chi connectivity index (χ4v) is 2.24. The first-order valence-corrected chi connectivity index (χ1v) is 7.04. The molecule has 22 heavy (non-hydrogen) atoms. The molecule has 0 amide bonds. The second-order valence-corrected chi connectivity index (χ2v) is 5.18. The Kier molecular flexibility index (Phi) is 6.28. The van der Waals surface area contributed by atoms with Gasteiger partial charge in [0.1, 0.15) is 5.83 Å². The Morgan fingerprint density at radius 1 is 1.36 bits per heavy atom. The van der Waals surface area contributed by atoms with Gasteiger partial charge in [-0.15, -0.1) is 11.3 Å². The Labute approximate surface area is 128 Å². The predicted octanol–water partition coefficient (Wildman–Crippen LogP) is 5.38. The van der Waals surface area contributed by atoms with Gasteiger partial charge in [-0.2, -0.15) is 17.6 Å². The van der Waals surface area contributed by atoms with Crippen LogP contribution in [0.15, 0.2) is 40.5 Å². The average molecular weight is 339 g/mol. The highest BCUT2D eigenvalue weighted by Crippen LogP contribution is 2.35. The van der Waals surface area contributed by atoms with Crippen LogP contribution in [0.25, 0.3) is 0 Å². The summed E-state index contributed by atoms with van der Waals surface area (Å²) < 4.78 is 70.4. The minimum absolute atomic E-state index is 0.0846. The number of aliphatic imine (C=N–C) groups is 1. The lowest BCUT2D eigenvalue weighted by Crippen LogP contribution is -2.16. The van der Waals surface area contributed by atoms with Crippen molar-refractivity contribution in [3.05, 3.63) is 45.5 Å². The maximum Gasteiger partial charge on any atom is 0.424 e. The van der Waals surface area contributed by atoms with E-state index in [1.165, 1.54) is 19.9 Å². The Hall–Kier alpha value is -1.70. The second kappa shape index (κ2) is 7.53. The molecule has 1 aromatic rings. The number of rotatable bonds is 5. The van der Waals surface area contributed by atoms with Crippen LogP contribution in [0.4, 0.5) is 22.0 Å². The van der Waals surface area contributed by atoms with Crippen LogP contribution in [-0.4, -0.2) is 19.0 Å². The number of methoxy groups -OCH3 is 1. The van der Waals surface area contributed by atoms with Gasteiger partial charge in [-0.05, 0) is 31.6 Å². The van der Waals surface area contributed by atoms with Crippen LogP contribution in [0.3, 0.4) is 0 Å². The molecule has 0 saturated carbocycles. The third-order valence-electron chi connectivity index (χ3n) is 2.51. The van der Waals surface area contributed by atoms with Crippen molar-refractivity contribution in [1.29, 1.82) is 0 Å². The maximum absolute atomic E-state index is 13.7. The predicted molar refractivity (Wildman–Crippen MR) is 76.1 cm³/mol. The number of allylic oxidation sites excluding steroid dienone is 3.